The van der Waals surface area contributed by atoms with Crippen molar-refractivity contribution in [1.29, 1.82) is 0 Å². The van der Waals surface area contributed by atoms with Crippen molar-refractivity contribution in [1.82, 2.24) is 0 Å². The lowest BCUT2D eigenvalue weighted by atomic mass is 9.59. The van der Waals surface area contributed by atoms with Crippen LogP contribution in [-0.4, -0.2) is 41.4 Å². The van der Waals surface area contributed by atoms with Gasteiger partial charge in [0.1, 0.15) is 11.5 Å². The molecule has 0 radical (unpaired) electrons. The Morgan fingerprint density at radius 1 is 0.911 bits per heavy atom. The number of carbonyl (C=O) groups excluding carboxylic acids is 5. The number of imide groups is 1. The molecular weight excluding hydrogens is 638 g/mol. The molecule has 1 aliphatic heterocycles. The summed E-state index contributed by atoms with van der Waals surface area (Å²) in [7, 11) is 1.49. The molecule has 1 fully saturated rings. The number of allylic oxidation sites excluding steroid dienone is 6. The molecule has 2 amide bonds. The van der Waals surface area contributed by atoms with Gasteiger partial charge in [-0.15, -0.1) is 0 Å². The van der Waals surface area contributed by atoms with E-state index in [4.69, 9.17) is 4.74 Å². The lowest BCUT2D eigenvalue weighted by Crippen LogP contribution is -2.39. The van der Waals surface area contributed by atoms with Crippen LogP contribution in [0.5, 0.6) is 11.5 Å². The van der Waals surface area contributed by atoms with E-state index in [1.54, 1.807) is 60.7 Å². The second-order valence-electron chi connectivity index (χ2n) is 11.6. The average Bonchev–Trinajstić information content (AvgIpc) is 3.32. The normalized spacial score (nSPS) is 24.1. The fraction of sp³-hybridized carbons (Fsp3) is 0.194. The van der Waals surface area contributed by atoms with Gasteiger partial charge in [0.15, 0.2) is 17.3 Å². The summed E-state index contributed by atoms with van der Waals surface area (Å²) in [6, 6.07) is 19.9. The van der Waals surface area contributed by atoms with Crippen molar-refractivity contribution in [2.24, 2.45) is 17.8 Å². The first-order chi connectivity index (χ1) is 21.7. The van der Waals surface area contributed by atoms with Crippen LogP contribution in [0.3, 0.4) is 0 Å². The average molecular weight is 665 g/mol. The largest absolute Gasteiger partial charge is 0.508 e. The molecule has 1 N–H and O–H groups in total. The van der Waals surface area contributed by atoms with E-state index >= 15 is 0 Å². The van der Waals surface area contributed by atoms with Crippen LogP contribution in [0.15, 0.2) is 106 Å². The van der Waals surface area contributed by atoms with Gasteiger partial charge in [-0.2, -0.15) is 0 Å². The van der Waals surface area contributed by atoms with E-state index in [1.807, 2.05) is 12.1 Å². The number of hydrogen-bond acceptors (Lipinski definition) is 7. The third-order valence-electron chi connectivity index (χ3n) is 9.30. The molecule has 224 valence electrons. The maximum absolute atomic E-state index is 14.2. The minimum absolute atomic E-state index is 0.0780. The number of anilines is 1. The molecule has 0 spiro atoms. The highest BCUT2D eigenvalue weighted by Crippen LogP contribution is 2.56. The first kappa shape index (κ1) is 28.9. The minimum atomic E-state index is -0.802. The van der Waals surface area contributed by atoms with Crippen LogP contribution < -0.4 is 9.64 Å². The zero-order chi connectivity index (χ0) is 31.6. The number of ketones is 3. The van der Waals surface area contributed by atoms with Gasteiger partial charge in [-0.3, -0.25) is 28.9 Å². The van der Waals surface area contributed by atoms with Gasteiger partial charge < -0.3 is 9.84 Å². The highest BCUT2D eigenvalue weighted by Gasteiger charge is 2.57. The molecule has 3 aromatic rings. The molecular formula is C36H26BrNO7. The minimum Gasteiger partial charge on any atom is -0.508 e. The Balaban J connectivity index is 1.27. The number of phenolic OH excluding ortho intramolecular Hbond substituents is 1. The molecule has 4 aliphatic rings. The van der Waals surface area contributed by atoms with Crippen molar-refractivity contribution in [2.45, 2.75) is 18.8 Å². The van der Waals surface area contributed by atoms with Crippen LogP contribution in [0.1, 0.15) is 40.2 Å². The van der Waals surface area contributed by atoms with Gasteiger partial charge in [-0.05, 0) is 77.2 Å². The Labute approximate surface area is 266 Å². The monoisotopic (exact) mass is 663 g/mol. The van der Waals surface area contributed by atoms with E-state index in [2.05, 4.69) is 15.9 Å². The molecule has 1 heterocycles. The van der Waals surface area contributed by atoms with Gasteiger partial charge >= 0.3 is 0 Å². The number of rotatable bonds is 5. The molecule has 7 rings (SSSR count). The third kappa shape index (κ3) is 4.52. The van der Waals surface area contributed by atoms with E-state index in [0.29, 0.717) is 28.1 Å². The number of hydrogen-bond donors (Lipinski definition) is 1. The Morgan fingerprint density at radius 3 is 2.33 bits per heavy atom. The number of fused-ring (bicyclic) bond motifs is 3. The first-order valence-electron chi connectivity index (χ1n) is 14.5. The molecule has 0 saturated carbocycles. The number of ether oxygens (including phenoxy) is 1. The molecule has 0 bridgehead atoms. The van der Waals surface area contributed by atoms with Crippen LogP contribution in [0, 0.1) is 17.8 Å². The van der Waals surface area contributed by atoms with Gasteiger partial charge in [-0.25, -0.2) is 0 Å². The van der Waals surface area contributed by atoms with Gasteiger partial charge in [0, 0.05) is 39.8 Å². The summed E-state index contributed by atoms with van der Waals surface area (Å²) >= 11 is 3.23. The van der Waals surface area contributed by atoms with Gasteiger partial charge in [0.25, 0.3) is 0 Å². The lowest BCUT2D eigenvalue weighted by Gasteiger charge is -2.42. The summed E-state index contributed by atoms with van der Waals surface area (Å²) in [4.78, 5) is 69.0. The van der Waals surface area contributed by atoms with Crippen LogP contribution in [0.2, 0.25) is 0 Å². The molecule has 0 aromatic heterocycles. The number of nitrogens with zero attached hydrogens (tertiary/aromatic N) is 1. The third-order valence-corrected chi connectivity index (χ3v) is 9.89. The number of carbonyl (C=O) groups is 5. The van der Waals surface area contributed by atoms with E-state index in [0.717, 1.165) is 5.57 Å². The van der Waals surface area contributed by atoms with Crippen molar-refractivity contribution >= 4 is 50.8 Å². The summed E-state index contributed by atoms with van der Waals surface area (Å²) < 4.78 is 5.53. The SMILES string of the molecule is COc1ccc(O)c([C@H]2C3=CC[C@@H]4C(=O)N(c5ccc(C(=O)c6ccccc6)cc5)C(=O)[C@@H]4[C@@H]3CC3=C2C(=O)C=C(Br)C3=O)c1. The summed E-state index contributed by atoms with van der Waals surface area (Å²) in [6.07, 6.45) is 3.50. The summed E-state index contributed by atoms with van der Waals surface area (Å²) in [6.45, 7) is 0. The van der Waals surface area contributed by atoms with Gasteiger partial charge in [-0.1, -0.05) is 42.0 Å². The quantitative estimate of drug-likeness (QED) is 0.163. The van der Waals surface area contributed by atoms with Crippen molar-refractivity contribution in [3.63, 3.8) is 0 Å². The predicted molar refractivity (Wildman–Crippen MR) is 168 cm³/mol. The van der Waals surface area contributed by atoms with E-state index in [-0.39, 0.29) is 57.5 Å². The highest BCUT2D eigenvalue weighted by molar-refractivity contribution is 9.12. The van der Waals surface area contributed by atoms with E-state index < -0.39 is 29.6 Å². The standard InChI is InChI=1S/C36H26BrNO7/c1-45-21-11-14-28(39)25(15-21)30-22-12-13-23-31(24(22)16-26-32(30)29(40)17-27(37)34(26)42)36(44)38(35(23)43)20-9-7-19(8-10-20)33(41)18-5-3-2-4-6-18/h2-12,14-15,17,23-24,30-31,39H,13,16H2,1H3/t23-,24+,30+,31-/m0/s1. The van der Waals surface area contributed by atoms with Crippen LogP contribution in [0.4, 0.5) is 5.69 Å². The van der Waals surface area contributed by atoms with Crippen LogP contribution >= 0.6 is 15.9 Å². The van der Waals surface area contributed by atoms with E-state index in [1.165, 1.54) is 24.2 Å². The smallest absolute Gasteiger partial charge is 0.238 e. The number of benzene rings is 3. The first-order valence-corrected chi connectivity index (χ1v) is 15.3. The Hall–Kier alpha value is -4.89. The van der Waals surface area contributed by atoms with Crippen LogP contribution in [0.25, 0.3) is 0 Å². The fourth-order valence-electron chi connectivity index (χ4n) is 7.23. The molecule has 3 aromatic carbocycles. The van der Waals surface area contributed by atoms with Crippen molar-refractivity contribution in [3.8, 4) is 11.5 Å². The van der Waals surface area contributed by atoms with Gasteiger partial charge in [0.2, 0.25) is 11.8 Å². The summed E-state index contributed by atoms with van der Waals surface area (Å²) in [5.41, 5.74) is 2.96. The lowest BCUT2D eigenvalue weighted by molar-refractivity contribution is -0.123. The number of amides is 2. The maximum Gasteiger partial charge on any atom is 0.238 e. The molecule has 8 nitrogen and oxygen atoms in total. The Morgan fingerprint density at radius 2 is 1.62 bits per heavy atom. The molecule has 0 unspecified atom stereocenters. The number of halogens is 1. The zero-order valence-electron chi connectivity index (χ0n) is 24.0. The highest BCUT2D eigenvalue weighted by atomic mass is 79.9. The fourth-order valence-corrected chi connectivity index (χ4v) is 7.67. The van der Waals surface area contributed by atoms with Gasteiger partial charge in [0.05, 0.1) is 29.1 Å². The van der Waals surface area contributed by atoms with Crippen molar-refractivity contribution in [3.05, 3.63) is 123 Å². The number of methoxy groups -OCH3 is 1. The maximum atomic E-state index is 14.2. The topological polar surface area (TPSA) is 118 Å². The predicted octanol–water partition coefficient (Wildman–Crippen LogP) is 5.60. The van der Waals surface area contributed by atoms with E-state index in [9.17, 15) is 29.1 Å². The summed E-state index contributed by atoms with van der Waals surface area (Å²) in [5, 5.41) is 11.0. The van der Waals surface area contributed by atoms with Crippen LogP contribution in [-0.2, 0) is 19.2 Å². The molecule has 4 atom stereocenters. The summed E-state index contributed by atoms with van der Waals surface area (Å²) in [5.74, 6) is -4.06. The Bertz CT molecular complexity index is 1920. The number of Topliss-reactive ketones (excluding diaryl/α,β-unsaturated/α-hetero) is 1. The zero-order valence-corrected chi connectivity index (χ0v) is 25.6. The van der Waals surface area contributed by atoms with Crippen molar-refractivity contribution < 1.29 is 33.8 Å². The Kier molecular flexibility index (Phi) is 7.00. The van der Waals surface area contributed by atoms with Crippen molar-refractivity contribution in [2.75, 3.05) is 12.0 Å². The second kappa shape index (κ2) is 10.9. The number of aromatic hydroxyl groups is 1. The molecule has 45 heavy (non-hydrogen) atoms. The molecule has 1 saturated heterocycles. The molecule has 9 heteroatoms. The molecule has 3 aliphatic carbocycles. The second-order valence-corrected chi connectivity index (χ2v) is 12.4. The number of phenols is 1.